The zero-order valence-electron chi connectivity index (χ0n) is 10.2. The average Bonchev–Trinajstić information content (AvgIpc) is 2.50. The standard InChI is InChI=1S/C11H11FN2O4S/c1-6(12)18-8-4-3-5-9-10(8)11(13-7(2)15)14-19(9,16)17/h3-6H,1-2H3,(H,13,14,15). The maximum Gasteiger partial charge on any atom is 0.285 e. The number of amides is 1. The lowest BCUT2D eigenvalue weighted by Gasteiger charge is -2.11. The van der Waals surface area contributed by atoms with E-state index in [1.165, 1.54) is 25.1 Å². The molecule has 0 aromatic heterocycles. The number of carbonyl (C=O) groups is 1. The fourth-order valence-electron chi connectivity index (χ4n) is 1.70. The lowest BCUT2D eigenvalue weighted by atomic mass is 10.2. The molecule has 0 bridgehead atoms. The monoisotopic (exact) mass is 286 g/mol. The summed E-state index contributed by atoms with van der Waals surface area (Å²) in [4.78, 5) is 10.9. The minimum atomic E-state index is -3.89. The van der Waals surface area contributed by atoms with Gasteiger partial charge in [0.1, 0.15) is 10.6 Å². The highest BCUT2D eigenvalue weighted by Gasteiger charge is 2.32. The highest BCUT2D eigenvalue weighted by molar-refractivity contribution is 7.90. The van der Waals surface area contributed by atoms with Crippen LogP contribution in [-0.2, 0) is 14.8 Å². The zero-order valence-corrected chi connectivity index (χ0v) is 11.0. The zero-order chi connectivity index (χ0) is 14.2. The third kappa shape index (κ3) is 2.58. The van der Waals surface area contributed by atoms with E-state index in [1.807, 2.05) is 0 Å². The summed E-state index contributed by atoms with van der Waals surface area (Å²) in [6.07, 6.45) is -1.62. The molecule has 1 N–H and O–H groups in total. The number of ether oxygens (including phenoxy) is 1. The van der Waals surface area contributed by atoms with Crippen molar-refractivity contribution >= 4 is 21.8 Å². The molecule has 102 valence electrons. The highest BCUT2D eigenvalue weighted by atomic mass is 32.2. The molecule has 0 spiro atoms. The van der Waals surface area contributed by atoms with E-state index in [4.69, 9.17) is 4.74 Å². The van der Waals surface area contributed by atoms with Gasteiger partial charge >= 0.3 is 0 Å². The van der Waals surface area contributed by atoms with Crippen molar-refractivity contribution < 1.29 is 22.3 Å². The molecule has 1 aliphatic rings. The summed E-state index contributed by atoms with van der Waals surface area (Å²) in [7, 11) is -3.89. The quantitative estimate of drug-likeness (QED) is 0.877. The first-order valence-electron chi connectivity index (χ1n) is 5.38. The lowest BCUT2D eigenvalue weighted by Crippen LogP contribution is -2.28. The number of alkyl halides is 1. The molecule has 1 aromatic carbocycles. The van der Waals surface area contributed by atoms with Gasteiger partial charge in [0.05, 0.1) is 5.56 Å². The van der Waals surface area contributed by atoms with Gasteiger partial charge in [-0.15, -0.1) is 4.40 Å². The van der Waals surface area contributed by atoms with Gasteiger partial charge in [-0.2, -0.15) is 8.42 Å². The third-order valence-corrected chi connectivity index (χ3v) is 3.62. The van der Waals surface area contributed by atoms with Gasteiger partial charge in [0.2, 0.25) is 12.3 Å². The van der Waals surface area contributed by atoms with Crippen LogP contribution >= 0.6 is 0 Å². The molecular weight excluding hydrogens is 275 g/mol. The molecule has 19 heavy (non-hydrogen) atoms. The van der Waals surface area contributed by atoms with Crippen molar-refractivity contribution in [2.24, 2.45) is 4.40 Å². The molecule has 0 radical (unpaired) electrons. The molecule has 1 heterocycles. The first-order valence-corrected chi connectivity index (χ1v) is 6.82. The van der Waals surface area contributed by atoms with Crippen LogP contribution in [0.3, 0.4) is 0 Å². The van der Waals surface area contributed by atoms with Gasteiger partial charge in [0.25, 0.3) is 10.0 Å². The molecule has 0 saturated heterocycles. The molecule has 1 aliphatic heterocycles. The van der Waals surface area contributed by atoms with E-state index in [0.717, 1.165) is 6.92 Å². The molecular formula is C11H11FN2O4S. The van der Waals surface area contributed by atoms with Gasteiger partial charge in [-0.1, -0.05) is 6.07 Å². The predicted molar refractivity (Wildman–Crippen MR) is 65.2 cm³/mol. The number of amidine groups is 1. The smallest absolute Gasteiger partial charge is 0.285 e. The Morgan fingerprint density at radius 3 is 2.74 bits per heavy atom. The van der Waals surface area contributed by atoms with Gasteiger partial charge in [0.15, 0.2) is 5.84 Å². The maximum absolute atomic E-state index is 12.9. The molecule has 1 unspecified atom stereocenters. The van der Waals surface area contributed by atoms with Gasteiger partial charge in [0, 0.05) is 13.8 Å². The second-order valence-corrected chi connectivity index (χ2v) is 5.46. The molecule has 0 aliphatic carbocycles. The first-order chi connectivity index (χ1) is 8.81. The normalized spacial score (nSPS) is 17.3. The molecule has 2 rings (SSSR count). The van der Waals surface area contributed by atoms with Crippen LogP contribution in [0.25, 0.3) is 0 Å². The third-order valence-electron chi connectivity index (χ3n) is 2.30. The molecule has 0 fully saturated rings. The van der Waals surface area contributed by atoms with Crippen LogP contribution in [0.4, 0.5) is 4.39 Å². The Labute approximate surface area is 109 Å². The first kappa shape index (κ1) is 13.5. The Morgan fingerprint density at radius 1 is 1.47 bits per heavy atom. The second-order valence-electron chi connectivity index (χ2n) is 3.89. The van der Waals surface area contributed by atoms with Crippen LogP contribution in [0.15, 0.2) is 27.5 Å². The molecule has 6 nitrogen and oxygen atoms in total. The van der Waals surface area contributed by atoms with Gasteiger partial charge < -0.3 is 10.1 Å². The van der Waals surface area contributed by atoms with Gasteiger partial charge in [-0.05, 0) is 12.1 Å². The summed E-state index contributed by atoms with van der Waals surface area (Å²) in [6.45, 7) is 2.38. The van der Waals surface area contributed by atoms with Crippen molar-refractivity contribution in [3.8, 4) is 5.75 Å². The SMILES string of the molecule is CC(=O)NC1=NS(=O)(=O)c2cccc(OC(C)F)c21. The van der Waals surface area contributed by atoms with Crippen molar-refractivity contribution in [1.82, 2.24) is 5.32 Å². The van der Waals surface area contributed by atoms with E-state index in [2.05, 4.69) is 9.71 Å². The summed E-state index contributed by atoms with van der Waals surface area (Å²) in [5.41, 5.74) is 0.0715. The summed E-state index contributed by atoms with van der Waals surface area (Å²) >= 11 is 0. The average molecular weight is 286 g/mol. The summed E-state index contributed by atoms with van der Waals surface area (Å²) in [5.74, 6) is -0.621. The topological polar surface area (TPSA) is 84.8 Å². The number of hydrogen-bond donors (Lipinski definition) is 1. The van der Waals surface area contributed by atoms with Crippen LogP contribution in [0.5, 0.6) is 5.75 Å². The number of nitrogens with zero attached hydrogens (tertiary/aromatic N) is 1. The van der Waals surface area contributed by atoms with Gasteiger partial charge in [-0.25, -0.2) is 4.39 Å². The van der Waals surface area contributed by atoms with Crippen LogP contribution in [0.1, 0.15) is 19.4 Å². The highest BCUT2D eigenvalue weighted by Crippen LogP contribution is 2.33. The fourth-order valence-corrected chi connectivity index (χ4v) is 2.88. The van der Waals surface area contributed by atoms with Crippen molar-refractivity contribution in [2.75, 3.05) is 0 Å². The fraction of sp³-hybridized carbons (Fsp3) is 0.273. The van der Waals surface area contributed by atoms with E-state index in [0.29, 0.717) is 0 Å². The number of fused-ring (bicyclic) bond motifs is 1. The van der Waals surface area contributed by atoms with E-state index < -0.39 is 22.3 Å². The number of hydrogen-bond acceptors (Lipinski definition) is 4. The molecule has 1 aromatic rings. The Balaban J connectivity index is 2.59. The number of halogens is 1. The molecule has 8 heteroatoms. The van der Waals surface area contributed by atoms with Gasteiger partial charge in [-0.3, -0.25) is 4.79 Å². The van der Waals surface area contributed by atoms with Crippen LogP contribution in [-0.4, -0.2) is 26.5 Å². The van der Waals surface area contributed by atoms with Crippen LogP contribution in [0, 0.1) is 0 Å². The predicted octanol–water partition coefficient (Wildman–Crippen LogP) is 0.966. The van der Waals surface area contributed by atoms with Crippen LogP contribution in [0.2, 0.25) is 0 Å². The van der Waals surface area contributed by atoms with Crippen LogP contribution < -0.4 is 10.1 Å². The summed E-state index contributed by atoms with van der Waals surface area (Å²) < 4.78 is 44.9. The molecule has 0 saturated carbocycles. The van der Waals surface area contributed by atoms with Crippen molar-refractivity contribution in [3.05, 3.63) is 23.8 Å². The molecule has 1 amide bonds. The number of sulfonamides is 1. The number of nitrogens with one attached hydrogen (secondary N) is 1. The lowest BCUT2D eigenvalue weighted by molar-refractivity contribution is -0.117. The Hall–Kier alpha value is -1.96. The minimum absolute atomic E-state index is 0.0149. The number of benzene rings is 1. The Bertz CT molecular complexity index is 667. The maximum atomic E-state index is 12.9. The summed E-state index contributed by atoms with van der Waals surface area (Å²) in [5, 5.41) is 2.30. The number of rotatable bonds is 2. The van der Waals surface area contributed by atoms with E-state index >= 15 is 0 Å². The largest absolute Gasteiger partial charge is 0.460 e. The Morgan fingerprint density at radius 2 is 2.16 bits per heavy atom. The Kier molecular flexibility index (Phi) is 3.27. The second kappa shape index (κ2) is 4.61. The minimum Gasteiger partial charge on any atom is -0.460 e. The van der Waals surface area contributed by atoms with E-state index in [1.54, 1.807) is 0 Å². The van der Waals surface area contributed by atoms with E-state index in [-0.39, 0.29) is 22.0 Å². The summed E-state index contributed by atoms with van der Waals surface area (Å²) in [6, 6.07) is 4.14. The number of carbonyl (C=O) groups excluding carboxylic acids is 1. The van der Waals surface area contributed by atoms with Crippen molar-refractivity contribution in [3.63, 3.8) is 0 Å². The van der Waals surface area contributed by atoms with Crippen molar-refractivity contribution in [2.45, 2.75) is 25.1 Å². The molecule has 1 atom stereocenters. The van der Waals surface area contributed by atoms with Crippen molar-refractivity contribution in [1.29, 1.82) is 0 Å². The van der Waals surface area contributed by atoms with E-state index in [9.17, 15) is 17.6 Å².